The minimum absolute atomic E-state index is 0.0833. The summed E-state index contributed by atoms with van der Waals surface area (Å²) in [6, 6.07) is 20.0. The molecule has 0 spiro atoms. The van der Waals surface area contributed by atoms with Crippen LogP contribution in [0.15, 0.2) is 77.8 Å². The Morgan fingerprint density at radius 3 is 2.52 bits per heavy atom. The molecule has 0 atom stereocenters. The zero-order valence-corrected chi connectivity index (χ0v) is 20.0. The number of aryl methyl sites for hydroxylation is 1. The summed E-state index contributed by atoms with van der Waals surface area (Å²) in [5.41, 5.74) is 2.79. The van der Waals surface area contributed by atoms with Crippen molar-refractivity contribution in [1.29, 1.82) is 0 Å². The number of amides is 1. The maximum atomic E-state index is 13.3. The molecule has 0 unspecified atom stereocenters. The molecule has 4 aromatic rings. The topological polar surface area (TPSA) is 80.2 Å². The fraction of sp³-hybridized carbons (Fsp3) is 0.240. The molecule has 6 nitrogen and oxygen atoms in total. The number of sulfone groups is 1. The van der Waals surface area contributed by atoms with Crippen molar-refractivity contribution < 1.29 is 13.2 Å². The smallest absolute Gasteiger partial charge is 0.229 e. The molecule has 2 aromatic carbocycles. The van der Waals surface area contributed by atoms with E-state index in [4.69, 9.17) is 4.98 Å². The number of para-hydroxylation sites is 1. The van der Waals surface area contributed by atoms with Crippen LogP contribution in [-0.4, -0.2) is 30.0 Å². The highest BCUT2D eigenvalue weighted by atomic mass is 32.2. The molecule has 0 bridgehead atoms. The van der Waals surface area contributed by atoms with Gasteiger partial charge in [-0.2, -0.15) is 0 Å². The third-order valence-electron chi connectivity index (χ3n) is 5.36. The summed E-state index contributed by atoms with van der Waals surface area (Å²) >= 11 is 1.47. The van der Waals surface area contributed by atoms with Gasteiger partial charge < -0.3 is 0 Å². The van der Waals surface area contributed by atoms with E-state index in [1.54, 1.807) is 41.4 Å². The second-order valence-corrected chi connectivity index (χ2v) is 10.8. The van der Waals surface area contributed by atoms with E-state index in [1.165, 1.54) is 11.3 Å². The first-order chi connectivity index (χ1) is 16.0. The van der Waals surface area contributed by atoms with Crippen molar-refractivity contribution in [1.82, 2.24) is 9.97 Å². The van der Waals surface area contributed by atoms with Crippen LogP contribution in [0.25, 0.3) is 10.2 Å². The molecule has 0 aliphatic heterocycles. The summed E-state index contributed by atoms with van der Waals surface area (Å²) in [4.78, 5) is 24.3. The van der Waals surface area contributed by atoms with E-state index in [0.717, 1.165) is 27.9 Å². The largest absolute Gasteiger partial charge is 0.282 e. The molecule has 170 valence electrons. The van der Waals surface area contributed by atoms with Crippen LogP contribution in [0.1, 0.15) is 31.0 Å². The van der Waals surface area contributed by atoms with E-state index >= 15 is 0 Å². The minimum atomic E-state index is -3.43. The van der Waals surface area contributed by atoms with Crippen LogP contribution in [-0.2, 0) is 27.6 Å². The zero-order chi connectivity index (χ0) is 23.3. The molecule has 1 amide bonds. The molecular formula is C25H25N3O3S2. The summed E-state index contributed by atoms with van der Waals surface area (Å²) < 4.78 is 26.2. The quantitative estimate of drug-likeness (QED) is 0.336. The second kappa shape index (κ2) is 10.2. The summed E-state index contributed by atoms with van der Waals surface area (Å²) in [7, 11) is -3.43. The van der Waals surface area contributed by atoms with Gasteiger partial charge in [-0.3, -0.25) is 14.7 Å². The molecule has 8 heteroatoms. The van der Waals surface area contributed by atoms with Gasteiger partial charge in [0.1, 0.15) is 0 Å². The molecule has 0 saturated heterocycles. The van der Waals surface area contributed by atoms with E-state index < -0.39 is 9.84 Å². The van der Waals surface area contributed by atoms with Crippen LogP contribution >= 0.6 is 11.3 Å². The van der Waals surface area contributed by atoms with Gasteiger partial charge in [-0.15, -0.1) is 0 Å². The van der Waals surface area contributed by atoms with E-state index in [0.29, 0.717) is 5.13 Å². The van der Waals surface area contributed by atoms with Crippen molar-refractivity contribution in [2.75, 3.05) is 10.7 Å². The first kappa shape index (κ1) is 23.1. The monoisotopic (exact) mass is 479 g/mol. The molecule has 0 aliphatic rings. The van der Waals surface area contributed by atoms with Crippen LogP contribution in [0.4, 0.5) is 5.13 Å². The minimum Gasteiger partial charge on any atom is -0.282 e. The van der Waals surface area contributed by atoms with Crippen LogP contribution in [0, 0.1) is 0 Å². The fourth-order valence-corrected chi connectivity index (χ4v) is 5.97. The van der Waals surface area contributed by atoms with Gasteiger partial charge in [0.15, 0.2) is 15.0 Å². The molecule has 4 rings (SSSR count). The van der Waals surface area contributed by atoms with Gasteiger partial charge in [-0.25, -0.2) is 13.4 Å². The van der Waals surface area contributed by atoms with E-state index in [2.05, 4.69) is 11.9 Å². The molecule has 0 radical (unpaired) electrons. The average molecular weight is 480 g/mol. The first-order valence-electron chi connectivity index (χ1n) is 10.8. The third kappa shape index (κ3) is 5.46. The van der Waals surface area contributed by atoms with Crippen molar-refractivity contribution in [2.24, 2.45) is 0 Å². The average Bonchev–Trinajstić information content (AvgIpc) is 3.27. The van der Waals surface area contributed by atoms with Crippen LogP contribution in [0.5, 0.6) is 0 Å². The van der Waals surface area contributed by atoms with Gasteiger partial charge in [-0.1, -0.05) is 54.7 Å². The van der Waals surface area contributed by atoms with Crippen molar-refractivity contribution in [3.8, 4) is 0 Å². The Balaban J connectivity index is 1.55. The van der Waals surface area contributed by atoms with Crippen molar-refractivity contribution >= 4 is 42.4 Å². The molecule has 33 heavy (non-hydrogen) atoms. The number of hydrogen-bond acceptors (Lipinski definition) is 6. The van der Waals surface area contributed by atoms with Gasteiger partial charge in [0.25, 0.3) is 0 Å². The second-order valence-electron chi connectivity index (χ2n) is 7.65. The highest BCUT2D eigenvalue weighted by Gasteiger charge is 2.22. The van der Waals surface area contributed by atoms with Crippen molar-refractivity contribution in [2.45, 2.75) is 37.6 Å². The van der Waals surface area contributed by atoms with Gasteiger partial charge in [0, 0.05) is 12.6 Å². The number of hydrogen-bond donors (Lipinski definition) is 0. The summed E-state index contributed by atoms with van der Waals surface area (Å²) in [6.07, 6.45) is 2.89. The van der Waals surface area contributed by atoms with Gasteiger partial charge in [0.2, 0.25) is 5.91 Å². The van der Waals surface area contributed by atoms with Crippen LogP contribution < -0.4 is 4.90 Å². The Hall–Kier alpha value is -3.10. The normalized spacial score (nSPS) is 11.5. The lowest BCUT2D eigenvalue weighted by Gasteiger charge is -2.19. The summed E-state index contributed by atoms with van der Waals surface area (Å²) in [5, 5.41) is 0.604. The van der Waals surface area contributed by atoms with E-state index in [1.807, 2.05) is 36.4 Å². The van der Waals surface area contributed by atoms with E-state index in [9.17, 15) is 13.2 Å². The Morgan fingerprint density at radius 1 is 1.00 bits per heavy atom. The highest BCUT2D eigenvalue weighted by molar-refractivity contribution is 7.91. The lowest BCUT2D eigenvalue weighted by molar-refractivity contribution is -0.118. The molecule has 0 fully saturated rings. The lowest BCUT2D eigenvalue weighted by atomic mass is 10.1. The van der Waals surface area contributed by atoms with Crippen LogP contribution in [0.2, 0.25) is 0 Å². The number of nitrogens with zero attached hydrogens (tertiary/aromatic N) is 3. The Bertz CT molecular complexity index is 1340. The SMILES string of the molecule is CCc1cccc2sc(N(Cc3ccccn3)C(=O)CCCS(=O)(=O)c3ccccc3)nc12. The number of carbonyl (C=O) groups is 1. The Kier molecular flexibility index (Phi) is 7.15. The molecule has 2 heterocycles. The standard InChI is InChI=1S/C25H25N3O3S2/c1-2-19-10-8-14-22-24(19)27-25(32-22)28(18-20-11-6-7-16-26-20)23(29)15-9-17-33(30,31)21-12-4-3-5-13-21/h3-8,10-14,16H,2,9,15,17-18H2,1H3. The molecule has 0 N–H and O–H groups in total. The fourth-order valence-electron chi connectivity index (χ4n) is 3.60. The molecule has 0 saturated carbocycles. The third-order valence-corrected chi connectivity index (χ3v) is 8.22. The first-order valence-corrected chi connectivity index (χ1v) is 13.3. The molecule has 0 aliphatic carbocycles. The number of pyridine rings is 1. The summed E-state index contributed by atoms with van der Waals surface area (Å²) in [5.74, 6) is -0.249. The van der Waals surface area contributed by atoms with Gasteiger partial charge in [0.05, 0.1) is 33.1 Å². The van der Waals surface area contributed by atoms with Gasteiger partial charge >= 0.3 is 0 Å². The number of rotatable bonds is 9. The Labute approximate surface area is 197 Å². The number of benzene rings is 2. The number of thiazole rings is 1. The number of anilines is 1. The predicted octanol–water partition coefficient (Wildman–Crippen LogP) is 5.04. The van der Waals surface area contributed by atoms with E-state index in [-0.39, 0.29) is 35.9 Å². The molecule has 2 aromatic heterocycles. The maximum absolute atomic E-state index is 13.3. The lowest BCUT2D eigenvalue weighted by Crippen LogP contribution is -2.30. The number of aromatic nitrogens is 2. The predicted molar refractivity (Wildman–Crippen MR) is 132 cm³/mol. The molecular weight excluding hydrogens is 454 g/mol. The van der Waals surface area contributed by atoms with Gasteiger partial charge in [-0.05, 0) is 48.7 Å². The van der Waals surface area contributed by atoms with Crippen molar-refractivity contribution in [3.63, 3.8) is 0 Å². The number of fused-ring (bicyclic) bond motifs is 1. The zero-order valence-electron chi connectivity index (χ0n) is 18.3. The maximum Gasteiger partial charge on any atom is 0.229 e. The summed E-state index contributed by atoms with van der Waals surface area (Å²) in [6.45, 7) is 2.37. The Morgan fingerprint density at radius 2 is 1.79 bits per heavy atom. The highest BCUT2D eigenvalue weighted by Crippen LogP contribution is 2.32. The van der Waals surface area contributed by atoms with Crippen LogP contribution in [0.3, 0.4) is 0 Å². The van der Waals surface area contributed by atoms with Crippen molar-refractivity contribution in [3.05, 3.63) is 84.2 Å². The number of carbonyl (C=O) groups excluding carboxylic acids is 1.